The van der Waals surface area contributed by atoms with Crippen molar-refractivity contribution in [3.8, 4) is 5.75 Å². The largest absolute Gasteiger partial charge is 0.495 e. The molecule has 0 aliphatic heterocycles. The highest BCUT2D eigenvalue weighted by molar-refractivity contribution is 14.1. The van der Waals surface area contributed by atoms with E-state index in [-0.39, 0.29) is 6.04 Å². The Bertz CT molecular complexity index is 618. The third-order valence-corrected chi connectivity index (χ3v) is 4.69. The zero-order chi connectivity index (χ0) is 15.4. The van der Waals surface area contributed by atoms with Gasteiger partial charge in [-0.25, -0.2) is 0 Å². The highest BCUT2D eigenvalue weighted by Gasteiger charge is 2.20. The second-order valence-electron chi connectivity index (χ2n) is 4.55. The number of hydrogen-bond acceptors (Lipinski definition) is 2. The first-order valence-electron chi connectivity index (χ1n) is 6.58. The summed E-state index contributed by atoms with van der Waals surface area (Å²) in [5, 5.41) is 4.19. The fourth-order valence-corrected chi connectivity index (χ4v) is 3.63. The molecule has 0 aliphatic rings. The van der Waals surface area contributed by atoms with E-state index in [0.717, 1.165) is 22.3 Å². The van der Waals surface area contributed by atoms with Gasteiger partial charge in [0.1, 0.15) is 5.75 Å². The summed E-state index contributed by atoms with van der Waals surface area (Å²) in [5.41, 5.74) is 2.21. The van der Waals surface area contributed by atoms with E-state index in [9.17, 15) is 0 Å². The Morgan fingerprint density at radius 2 is 1.95 bits per heavy atom. The molecule has 2 aromatic carbocycles. The van der Waals surface area contributed by atoms with Gasteiger partial charge in [-0.1, -0.05) is 30.7 Å². The highest BCUT2D eigenvalue weighted by atomic mass is 127. The van der Waals surface area contributed by atoms with Gasteiger partial charge in [-0.2, -0.15) is 0 Å². The standard InChI is InChI=1S/C16H16BrClINO/c1-3-20-15(10-4-6-12(19)7-5-10)13-8-11(18)9-14(17)16(13)21-2/h4-9,15,20H,3H2,1-2H3. The number of halogens is 3. The summed E-state index contributed by atoms with van der Waals surface area (Å²) < 4.78 is 7.63. The van der Waals surface area contributed by atoms with Crippen LogP contribution in [0.4, 0.5) is 0 Å². The van der Waals surface area contributed by atoms with Crippen molar-refractivity contribution in [1.82, 2.24) is 5.32 Å². The summed E-state index contributed by atoms with van der Waals surface area (Å²) in [7, 11) is 1.68. The van der Waals surface area contributed by atoms with Crippen LogP contribution < -0.4 is 10.1 Å². The third kappa shape index (κ3) is 4.12. The van der Waals surface area contributed by atoms with Gasteiger partial charge >= 0.3 is 0 Å². The van der Waals surface area contributed by atoms with Crippen LogP contribution in [0.3, 0.4) is 0 Å². The Hall–Kier alpha value is -0.300. The summed E-state index contributed by atoms with van der Waals surface area (Å²) in [6.07, 6.45) is 0. The number of methoxy groups -OCH3 is 1. The molecule has 0 fully saturated rings. The lowest BCUT2D eigenvalue weighted by molar-refractivity contribution is 0.401. The topological polar surface area (TPSA) is 21.3 Å². The van der Waals surface area contributed by atoms with E-state index in [0.29, 0.717) is 5.02 Å². The maximum Gasteiger partial charge on any atom is 0.138 e. The quantitative estimate of drug-likeness (QED) is 0.578. The molecular formula is C16H16BrClINO. The van der Waals surface area contributed by atoms with Gasteiger partial charge in [-0.15, -0.1) is 0 Å². The van der Waals surface area contributed by atoms with E-state index >= 15 is 0 Å². The number of nitrogens with one attached hydrogen (secondary N) is 1. The van der Waals surface area contributed by atoms with Gasteiger partial charge in [0, 0.05) is 14.2 Å². The fourth-order valence-electron chi connectivity index (χ4n) is 2.28. The molecule has 2 nitrogen and oxygen atoms in total. The maximum atomic E-state index is 6.22. The van der Waals surface area contributed by atoms with Crippen molar-refractivity contribution in [2.75, 3.05) is 13.7 Å². The van der Waals surface area contributed by atoms with Crippen molar-refractivity contribution in [3.05, 3.63) is 60.6 Å². The molecule has 5 heteroatoms. The predicted octanol–water partition coefficient (Wildman–Crippen LogP) is 5.41. The van der Waals surface area contributed by atoms with Crippen LogP contribution in [0.1, 0.15) is 24.1 Å². The second kappa shape index (κ2) is 7.81. The average Bonchev–Trinajstić information content (AvgIpc) is 2.45. The lowest BCUT2D eigenvalue weighted by Gasteiger charge is -2.22. The molecule has 0 spiro atoms. The molecule has 1 atom stereocenters. The van der Waals surface area contributed by atoms with Crippen molar-refractivity contribution < 1.29 is 4.74 Å². The van der Waals surface area contributed by atoms with E-state index in [1.807, 2.05) is 12.1 Å². The molecule has 112 valence electrons. The van der Waals surface area contributed by atoms with Crippen LogP contribution in [0, 0.1) is 3.57 Å². The molecule has 2 rings (SSSR count). The Kier molecular flexibility index (Phi) is 6.34. The molecule has 0 saturated carbocycles. The normalized spacial score (nSPS) is 12.2. The maximum absolute atomic E-state index is 6.22. The Morgan fingerprint density at radius 3 is 2.52 bits per heavy atom. The number of rotatable bonds is 5. The summed E-state index contributed by atoms with van der Waals surface area (Å²) in [5.74, 6) is 0.809. The first-order valence-corrected chi connectivity index (χ1v) is 8.83. The third-order valence-electron chi connectivity index (χ3n) is 3.16. The van der Waals surface area contributed by atoms with Crippen LogP contribution in [-0.4, -0.2) is 13.7 Å². The SMILES string of the molecule is CCNC(c1ccc(I)cc1)c1cc(Cl)cc(Br)c1OC. The molecule has 0 saturated heterocycles. The van der Waals surface area contributed by atoms with E-state index in [4.69, 9.17) is 16.3 Å². The fraction of sp³-hybridized carbons (Fsp3) is 0.250. The van der Waals surface area contributed by atoms with Gasteiger partial charge in [0.15, 0.2) is 0 Å². The Morgan fingerprint density at radius 1 is 1.29 bits per heavy atom. The predicted molar refractivity (Wildman–Crippen MR) is 100 cm³/mol. The van der Waals surface area contributed by atoms with Gasteiger partial charge < -0.3 is 10.1 Å². The summed E-state index contributed by atoms with van der Waals surface area (Å²) >= 11 is 12.1. The second-order valence-corrected chi connectivity index (χ2v) is 7.09. The van der Waals surface area contributed by atoms with E-state index in [1.165, 1.54) is 9.13 Å². The lowest BCUT2D eigenvalue weighted by Crippen LogP contribution is -2.22. The van der Waals surface area contributed by atoms with Crippen LogP contribution >= 0.6 is 50.1 Å². The number of hydrogen-bond donors (Lipinski definition) is 1. The molecule has 0 bridgehead atoms. The van der Waals surface area contributed by atoms with Crippen molar-refractivity contribution >= 4 is 50.1 Å². The zero-order valence-electron chi connectivity index (χ0n) is 11.8. The number of benzene rings is 2. The van der Waals surface area contributed by atoms with E-state index < -0.39 is 0 Å². The molecule has 0 aromatic heterocycles. The minimum Gasteiger partial charge on any atom is -0.495 e. The number of ether oxygens (including phenoxy) is 1. The molecular weight excluding hydrogens is 464 g/mol. The van der Waals surface area contributed by atoms with Crippen LogP contribution in [0.25, 0.3) is 0 Å². The zero-order valence-corrected chi connectivity index (χ0v) is 16.3. The first-order chi connectivity index (χ1) is 10.1. The summed E-state index contributed by atoms with van der Waals surface area (Å²) in [6.45, 7) is 2.94. The lowest BCUT2D eigenvalue weighted by atomic mass is 9.97. The molecule has 1 N–H and O–H groups in total. The molecule has 0 heterocycles. The van der Waals surface area contributed by atoms with Crippen molar-refractivity contribution in [2.45, 2.75) is 13.0 Å². The average molecular weight is 481 g/mol. The molecule has 1 unspecified atom stereocenters. The molecule has 0 amide bonds. The van der Waals surface area contributed by atoms with Crippen LogP contribution in [0.15, 0.2) is 40.9 Å². The molecule has 21 heavy (non-hydrogen) atoms. The molecule has 2 aromatic rings. The van der Waals surface area contributed by atoms with Crippen molar-refractivity contribution in [3.63, 3.8) is 0 Å². The minimum absolute atomic E-state index is 0.0388. The van der Waals surface area contributed by atoms with E-state index in [2.05, 4.69) is 75.0 Å². The smallest absolute Gasteiger partial charge is 0.138 e. The molecule has 0 aliphatic carbocycles. The van der Waals surface area contributed by atoms with Crippen LogP contribution in [-0.2, 0) is 0 Å². The van der Waals surface area contributed by atoms with E-state index in [1.54, 1.807) is 7.11 Å². The highest BCUT2D eigenvalue weighted by Crippen LogP contribution is 2.38. The van der Waals surface area contributed by atoms with Gasteiger partial charge in [0.25, 0.3) is 0 Å². The van der Waals surface area contributed by atoms with Gasteiger partial charge in [0.05, 0.1) is 17.6 Å². The van der Waals surface area contributed by atoms with Crippen LogP contribution in [0.5, 0.6) is 5.75 Å². The van der Waals surface area contributed by atoms with Gasteiger partial charge in [0.2, 0.25) is 0 Å². The molecule has 0 radical (unpaired) electrons. The first kappa shape index (κ1) is 17.1. The van der Waals surface area contributed by atoms with Crippen LogP contribution in [0.2, 0.25) is 5.02 Å². The Labute approximate surface area is 152 Å². The minimum atomic E-state index is 0.0388. The summed E-state index contributed by atoms with van der Waals surface area (Å²) in [6, 6.07) is 12.3. The monoisotopic (exact) mass is 479 g/mol. The van der Waals surface area contributed by atoms with Crippen molar-refractivity contribution in [1.29, 1.82) is 0 Å². The Balaban J connectivity index is 2.54. The van der Waals surface area contributed by atoms with Gasteiger partial charge in [-0.05, 0) is 74.9 Å². The summed E-state index contributed by atoms with van der Waals surface area (Å²) in [4.78, 5) is 0. The van der Waals surface area contributed by atoms with Gasteiger partial charge in [-0.3, -0.25) is 0 Å². The van der Waals surface area contributed by atoms with Crippen molar-refractivity contribution in [2.24, 2.45) is 0 Å².